The van der Waals surface area contributed by atoms with Gasteiger partial charge in [-0.05, 0) is 32.1 Å². The molecule has 0 fully saturated rings. The van der Waals surface area contributed by atoms with Crippen LogP contribution in [0.4, 0.5) is 0 Å². The number of rotatable bonds is 9. The first kappa shape index (κ1) is 15.4. The molecule has 2 atom stereocenters. The van der Waals surface area contributed by atoms with Gasteiger partial charge in [0.05, 0.1) is 12.2 Å². The molecule has 4 heteroatoms. The van der Waals surface area contributed by atoms with E-state index in [9.17, 15) is 9.90 Å². The van der Waals surface area contributed by atoms with Gasteiger partial charge < -0.3 is 15.3 Å². The Kier molecular flexibility index (Phi) is 7.34. The van der Waals surface area contributed by atoms with Gasteiger partial charge in [0, 0.05) is 6.42 Å². The number of aliphatic hydroxyl groups excluding tert-OH is 1. The largest absolute Gasteiger partial charge is 0.481 e. The summed E-state index contributed by atoms with van der Waals surface area (Å²) >= 11 is 0. The Morgan fingerprint density at radius 2 is 1.88 bits per heavy atom. The molecule has 0 spiro atoms. The highest BCUT2D eigenvalue weighted by Gasteiger charge is 2.30. The lowest BCUT2D eigenvalue weighted by molar-refractivity contribution is -0.137. The maximum atomic E-state index is 10.4. The predicted octanol–water partition coefficient (Wildman–Crippen LogP) is 1.79. The smallest absolute Gasteiger partial charge is 0.303 e. The predicted molar refractivity (Wildman–Crippen MR) is 62.2 cm³/mol. The van der Waals surface area contributed by atoms with Crippen molar-refractivity contribution in [2.24, 2.45) is 5.92 Å². The molecule has 0 aliphatic rings. The topological polar surface area (TPSA) is 77.8 Å². The number of carboxylic acids is 1. The molecule has 4 nitrogen and oxygen atoms in total. The normalized spacial score (nSPS) is 16.8. The van der Waals surface area contributed by atoms with Crippen molar-refractivity contribution in [1.29, 1.82) is 0 Å². The zero-order chi connectivity index (χ0) is 12.6. The molecule has 0 aliphatic heterocycles. The van der Waals surface area contributed by atoms with Crippen LogP contribution in [-0.4, -0.2) is 33.5 Å². The number of carbonyl (C=O) groups is 1. The summed E-state index contributed by atoms with van der Waals surface area (Å²) in [5, 5.41) is 27.6. The molecule has 0 bridgehead atoms. The number of hydrogen-bond donors (Lipinski definition) is 3. The summed E-state index contributed by atoms with van der Waals surface area (Å²) in [6, 6.07) is 0. The second-order valence-corrected chi connectivity index (χ2v) is 4.64. The van der Waals surface area contributed by atoms with Gasteiger partial charge in [-0.3, -0.25) is 4.79 Å². The van der Waals surface area contributed by atoms with Crippen molar-refractivity contribution in [3.05, 3.63) is 0 Å². The average Bonchev–Trinajstić information content (AvgIpc) is 2.22. The lowest BCUT2D eigenvalue weighted by Crippen LogP contribution is -2.38. The molecule has 0 radical (unpaired) electrons. The van der Waals surface area contributed by atoms with Gasteiger partial charge in [0.15, 0.2) is 0 Å². The lowest BCUT2D eigenvalue weighted by atomic mass is 9.82. The monoisotopic (exact) mass is 232 g/mol. The summed E-state index contributed by atoms with van der Waals surface area (Å²) in [7, 11) is 0. The summed E-state index contributed by atoms with van der Waals surface area (Å²) in [5.41, 5.74) is -1.09. The van der Waals surface area contributed by atoms with Crippen LogP contribution in [0.1, 0.15) is 52.4 Å². The van der Waals surface area contributed by atoms with E-state index >= 15 is 0 Å². The third-order valence-electron chi connectivity index (χ3n) is 3.05. The Bertz CT molecular complexity index is 201. The molecular formula is C12H24O4. The standard InChI is InChI=1S/C12H24O4/c1-3-4-6-10(12(2,16)9-13)7-5-8-11(14)15/h10,13,16H,3-9H2,1-2H3,(H,14,15). The molecule has 0 aliphatic carbocycles. The second kappa shape index (κ2) is 7.63. The maximum Gasteiger partial charge on any atom is 0.303 e. The summed E-state index contributed by atoms with van der Waals surface area (Å²) < 4.78 is 0. The number of carboxylic acid groups (broad SMARTS) is 1. The van der Waals surface area contributed by atoms with Gasteiger partial charge in [0.25, 0.3) is 0 Å². The van der Waals surface area contributed by atoms with E-state index < -0.39 is 11.6 Å². The van der Waals surface area contributed by atoms with Crippen molar-refractivity contribution in [3.63, 3.8) is 0 Å². The fourth-order valence-electron chi connectivity index (χ4n) is 1.85. The highest BCUT2D eigenvalue weighted by molar-refractivity contribution is 5.66. The van der Waals surface area contributed by atoms with Crippen molar-refractivity contribution in [3.8, 4) is 0 Å². The van der Waals surface area contributed by atoms with Crippen LogP contribution in [-0.2, 0) is 4.79 Å². The zero-order valence-corrected chi connectivity index (χ0v) is 10.3. The molecule has 0 amide bonds. The van der Waals surface area contributed by atoms with Crippen LogP contribution < -0.4 is 0 Å². The van der Waals surface area contributed by atoms with Gasteiger partial charge in [-0.15, -0.1) is 0 Å². The summed E-state index contributed by atoms with van der Waals surface area (Å²) in [6.07, 6.45) is 4.21. The van der Waals surface area contributed by atoms with Crippen molar-refractivity contribution in [2.75, 3.05) is 6.61 Å². The molecule has 0 aromatic heterocycles. The van der Waals surface area contributed by atoms with Crippen molar-refractivity contribution >= 4 is 5.97 Å². The van der Waals surface area contributed by atoms with Gasteiger partial charge in [0.1, 0.15) is 0 Å². The summed E-state index contributed by atoms with van der Waals surface area (Å²) in [4.78, 5) is 10.4. The molecule has 2 unspecified atom stereocenters. The second-order valence-electron chi connectivity index (χ2n) is 4.64. The Hall–Kier alpha value is -0.610. The van der Waals surface area contributed by atoms with Crippen LogP contribution in [0.15, 0.2) is 0 Å². The Balaban J connectivity index is 4.15. The minimum atomic E-state index is -1.09. The van der Waals surface area contributed by atoms with E-state index in [1.807, 2.05) is 0 Å². The van der Waals surface area contributed by atoms with Crippen LogP contribution in [0.5, 0.6) is 0 Å². The Morgan fingerprint density at radius 1 is 1.31 bits per heavy atom. The van der Waals surface area contributed by atoms with E-state index in [2.05, 4.69) is 6.92 Å². The van der Waals surface area contributed by atoms with Crippen molar-refractivity contribution in [2.45, 2.75) is 58.0 Å². The molecule has 16 heavy (non-hydrogen) atoms. The van der Waals surface area contributed by atoms with Crippen LogP contribution in [0.25, 0.3) is 0 Å². The maximum absolute atomic E-state index is 10.4. The Labute approximate surface area is 97.3 Å². The van der Waals surface area contributed by atoms with Crippen LogP contribution in [0.3, 0.4) is 0 Å². The number of aliphatic carboxylic acids is 1. The fraction of sp³-hybridized carbons (Fsp3) is 0.917. The lowest BCUT2D eigenvalue weighted by Gasteiger charge is -2.31. The van der Waals surface area contributed by atoms with Crippen molar-refractivity contribution < 1.29 is 20.1 Å². The van der Waals surface area contributed by atoms with Crippen molar-refractivity contribution in [1.82, 2.24) is 0 Å². The number of unbranched alkanes of at least 4 members (excludes halogenated alkanes) is 1. The molecule has 0 aromatic rings. The molecular weight excluding hydrogens is 208 g/mol. The van der Waals surface area contributed by atoms with Gasteiger partial charge in [-0.2, -0.15) is 0 Å². The van der Waals surface area contributed by atoms with Crippen LogP contribution in [0.2, 0.25) is 0 Å². The molecule has 3 N–H and O–H groups in total. The molecule has 96 valence electrons. The van der Waals surface area contributed by atoms with Gasteiger partial charge in [0.2, 0.25) is 0 Å². The van der Waals surface area contributed by atoms with E-state index in [0.29, 0.717) is 12.8 Å². The van der Waals surface area contributed by atoms with E-state index in [1.165, 1.54) is 0 Å². The minimum absolute atomic E-state index is 0.0169. The van der Waals surface area contributed by atoms with Gasteiger partial charge >= 0.3 is 5.97 Å². The highest BCUT2D eigenvalue weighted by atomic mass is 16.4. The molecule has 0 saturated carbocycles. The first-order valence-electron chi connectivity index (χ1n) is 5.99. The van der Waals surface area contributed by atoms with Gasteiger partial charge in [-0.25, -0.2) is 0 Å². The minimum Gasteiger partial charge on any atom is -0.481 e. The molecule has 0 rings (SSSR count). The zero-order valence-electron chi connectivity index (χ0n) is 10.3. The third-order valence-corrected chi connectivity index (χ3v) is 3.05. The van der Waals surface area contributed by atoms with Crippen LogP contribution >= 0.6 is 0 Å². The molecule has 0 saturated heterocycles. The number of hydrogen-bond acceptors (Lipinski definition) is 3. The average molecular weight is 232 g/mol. The summed E-state index contributed by atoms with van der Waals surface area (Å²) in [5.74, 6) is -0.824. The summed E-state index contributed by atoms with van der Waals surface area (Å²) in [6.45, 7) is 3.42. The van der Waals surface area contributed by atoms with Gasteiger partial charge in [-0.1, -0.05) is 19.8 Å². The first-order valence-corrected chi connectivity index (χ1v) is 5.99. The third kappa shape index (κ3) is 6.08. The van der Waals surface area contributed by atoms with Crippen LogP contribution in [0, 0.1) is 5.92 Å². The van der Waals surface area contributed by atoms with E-state index in [0.717, 1.165) is 19.3 Å². The quantitative estimate of drug-likeness (QED) is 0.566. The molecule has 0 aromatic carbocycles. The highest BCUT2D eigenvalue weighted by Crippen LogP contribution is 2.27. The Morgan fingerprint density at radius 3 is 2.31 bits per heavy atom. The molecule has 0 heterocycles. The first-order chi connectivity index (χ1) is 7.44. The van der Waals surface area contributed by atoms with E-state index in [1.54, 1.807) is 6.92 Å². The number of aliphatic hydroxyl groups is 2. The SMILES string of the molecule is CCCCC(CCCC(=O)O)C(C)(O)CO. The fourth-order valence-corrected chi connectivity index (χ4v) is 1.85. The van der Waals surface area contributed by atoms with E-state index in [4.69, 9.17) is 10.2 Å². The van der Waals surface area contributed by atoms with E-state index in [-0.39, 0.29) is 18.9 Å².